The van der Waals surface area contributed by atoms with E-state index >= 15 is 0 Å². The molecule has 4 N–H and O–H groups in total. The van der Waals surface area contributed by atoms with Crippen LogP contribution in [0.2, 0.25) is 0 Å². The van der Waals surface area contributed by atoms with Crippen molar-refractivity contribution >= 4 is 17.4 Å². The number of carbonyl (C=O) groups excluding carboxylic acids is 1. The number of anilines is 2. The summed E-state index contributed by atoms with van der Waals surface area (Å²) >= 11 is 0. The Morgan fingerprint density at radius 3 is 2.96 bits per heavy atom. The minimum Gasteiger partial charge on any atom is -0.399 e. The fourth-order valence-corrected chi connectivity index (χ4v) is 3.20. The summed E-state index contributed by atoms with van der Waals surface area (Å²) in [6.07, 6.45) is 4.70. The molecule has 3 rings (SSSR count). The summed E-state index contributed by atoms with van der Waals surface area (Å²) in [5.41, 5.74) is 9.64. The number of nitrogens with zero attached hydrogens (tertiary/aromatic N) is 1. The van der Waals surface area contributed by atoms with Crippen LogP contribution in [-0.2, 0) is 6.42 Å². The van der Waals surface area contributed by atoms with Gasteiger partial charge in [0, 0.05) is 17.9 Å². The molecular formula is C19H24N4O. The first-order valence-corrected chi connectivity index (χ1v) is 8.45. The lowest BCUT2D eigenvalue weighted by Crippen LogP contribution is -2.32. The Hall–Kier alpha value is -2.56. The molecule has 1 aliphatic rings. The summed E-state index contributed by atoms with van der Waals surface area (Å²) in [5, 5.41) is 6.39. The second-order valence-electron chi connectivity index (χ2n) is 6.58. The Kier molecular flexibility index (Phi) is 4.69. The van der Waals surface area contributed by atoms with Gasteiger partial charge in [-0.15, -0.1) is 0 Å². The first kappa shape index (κ1) is 16.3. The molecule has 5 heteroatoms. The molecule has 0 saturated heterocycles. The molecule has 0 saturated carbocycles. The standard InChI is InChI=1S/C19H24N4O/c1-12(2)22-18-16(6-4-10-21-18)19(24)23-17-7-3-5-13-11-14(20)8-9-15(13)17/h4,6,8-12,17H,3,5,7,20H2,1-2H3,(H,21,22)(H,23,24). The number of aryl methyl sites for hydroxylation is 1. The summed E-state index contributed by atoms with van der Waals surface area (Å²) < 4.78 is 0. The van der Waals surface area contributed by atoms with Gasteiger partial charge in [0.15, 0.2) is 0 Å². The lowest BCUT2D eigenvalue weighted by atomic mass is 9.87. The van der Waals surface area contributed by atoms with Crippen molar-refractivity contribution in [3.63, 3.8) is 0 Å². The van der Waals surface area contributed by atoms with Crippen LogP contribution in [0.5, 0.6) is 0 Å². The number of fused-ring (bicyclic) bond motifs is 1. The molecule has 24 heavy (non-hydrogen) atoms. The van der Waals surface area contributed by atoms with Crippen molar-refractivity contribution in [2.24, 2.45) is 0 Å². The smallest absolute Gasteiger partial charge is 0.255 e. The van der Waals surface area contributed by atoms with Crippen molar-refractivity contribution < 1.29 is 4.79 Å². The number of amides is 1. The third-order valence-corrected chi connectivity index (χ3v) is 4.26. The van der Waals surface area contributed by atoms with Crippen LogP contribution in [0.4, 0.5) is 11.5 Å². The second kappa shape index (κ2) is 6.91. The Morgan fingerprint density at radius 1 is 1.33 bits per heavy atom. The highest BCUT2D eigenvalue weighted by Gasteiger charge is 2.23. The van der Waals surface area contributed by atoms with E-state index in [4.69, 9.17) is 5.73 Å². The van der Waals surface area contributed by atoms with Gasteiger partial charge in [-0.05, 0) is 68.5 Å². The average Bonchev–Trinajstić information content (AvgIpc) is 2.54. The van der Waals surface area contributed by atoms with Crippen LogP contribution in [0, 0.1) is 0 Å². The number of benzene rings is 1. The van der Waals surface area contributed by atoms with Gasteiger partial charge in [-0.25, -0.2) is 4.98 Å². The van der Waals surface area contributed by atoms with Crippen LogP contribution >= 0.6 is 0 Å². The van der Waals surface area contributed by atoms with E-state index in [2.05, 4.69) is 15.6 Å². The van der Waals surface area contributed by atoms with E-state index in [1.165, 1.54) is 11.1 Å². The van der Waals surface area contributed by atoms with E-state index in [9.17, 15) is 4.79 Å². The van der Waals surface area contributed by atoms with Crippen LogP contribution in [0.1, 0.15) is 54.2 Å². The fourth-order valence-electron chi connectivity index (χ4n) is 3.20. The zero-order valence-electron chi connectivity index (χ0n) is 14.2. The molecular weight excluding hydrogens is 300 g/mol. The van der Waals surface area contributed by atoms with E-state index < -0.39 is 0 Å². The second-order valence-corrected chi connectivity index (χ2v) is 6.58. The number of carbonyl (C=O) groups is 1. The maximum Gasteiger partial charge on any atom is 0.255 e. The Labute approximate surface area is 142 Å². The highest BCUT2D eigenvalue weighted by atomic mass is 16.1. The van der Waals surface area contributed by atoms with Gasteiger partial charge >= 0.3 is 0 Å². The number of nitrogens with one attached hydrogen (secondary N) is 2. The van der Waals surface area contributed by atoms with Crippen LogP contribution < -0.4 is 16.4 Å². The predicted molar refractivity (Wildman–Crippen MR) is 97.0 cm³/mol. The SMILES string of the molecule is CC(C)Nc1ncccc1C(=O)NC1CCCc2cc(N)ccc21. The third-order valence-electron chi connectivity index (χ3n) is 4.26. The van der Waals surface area contributed by atoms with Crippen molar-refractivity contribution in [3.8, 4) is 0 Å². The molecule has 1 unspecified atom stereocenters. The van der Waals surface area contributed by atoms with Gasteiger partial charge in [0.05, 0.1) is 11.6 Å². The molecule has 1 heterocycles. The largest absolute Gasteiger partial charge is 0.399 e. The van der Waals surface area contributed by atoms with Crippen LogP contribution in [-0.4, -0.2) is 16.9 Å². The van der Waals surface area contributed by atoms with Crippen molar-refractivity contribution in [1.82, 2.24) is 10.3 Å². The fraction of sp³-hybridized carbons (Fsp3) is 0.368. The van der Waals surface area contributed by atoms with Crippen molar-refractivity contribution in [1.29, 1.82) is 0 Å². The summed E-state index contributed by atoms with van der Waals surface area (Å²) in [6, 6.07) is 9.78. The monoisotopic (exact) mass is 324 g/mol. The van der Waals surface area contributed by atoms with Crippen LogP contribution in [0.25, 0.3) is 0 Å². The van der Waals surface area contributed by atoms with Crippen molar-refractivity contribution in [3.05, 3.63) is 53.2 Å². The number of nitrogen functional groups attached to an aromatic ring is 1. The molecule has 0 radical (unpaired) electrons. The van der Waals surface area contributed by atoms with Gasteiger partial charge in [-0.3, -0.25) is 4.79 Å². The minimum absolute atomic E-state index is 0.0222. The number of aromatic nitrogens is 1. The molecule has 5 nitrogen and oxygen atoms in total. The van der Waals surface area contributed by atoms with Crippen molar-refractivity contribution in [2.45, 2.75) is 45.2 Å². The number of hydrogen-bond donors (Lipinski definition) is 3. The summed E-state index contributed by atoms with van der Waals surface area (Å²) in [4.78, 5) is 17.1. The number of nitrogens with two attached hydrogens (primary N) is 1. The molecule has 0 spiro atoms. The molecule has 1 aromatic heterocycles. The lowest BCUT2D eigenvalue weighted by Gasteiger charge is -2.27. The quantitative estimate of drug-likeness (QED) is 0.754. The maximum atomic E-state index is 12.8. The number of hydrogen-bond acceptors (Lipinski definition) is 4. The molecule has 1 aliphatic carbocycles. The van der Waals surface area contributed by atoms with E-state index in [-0.39, 0.29) is 18.0 Å². The van der Waals surface area contributed by atoms with Crippen molar-refractivity contribution in [2.75, 3.05) is 11.1 Å². The average molecular weight is 324 g/mol. The molecule has 0 fully saturated rings. The molecule has 126 valence electrons. The predicted octanol–water partition coefficient (Wildman–Crippen LogP) is 3.29. The Morgan fingerprint density at radius 2 is 2.17 bits per heavy atom. The number of pyridine rings is 1. The normalized spacial score (nSPS) is 16.5. The number of rotatable bonds is 4. The van der Waals surface area contributed by atoms with E-state index in [0.29, 0.717) is 11.4 Å². The molecule has 1 atom stereocenters. The van der Waals surface area contributed by atoms with Gasteiger partial charge in [0.2, 0.25) is 0 Å². The topological polar surface area (TPSA) is 80.0 Å². The van der Waals surface area contributed by atoms with E-state index in [1.807, 2.05) is 32.0 Å². The Balaban J connectivity index is 1.82. The molecule has 2 aromatic rings. The van der Waals surface area contributed by atoms with E-state index in [0.717, 1.165) is 24.9 Å². The van der Waals surface area contributed by atoms with Gasteiger partial charge in [0.1, 0.15) is 5.82 Å². The Bertz CT molecular complexity index is 742. The highest BCUT2D eigenvalue weighted by Crippen LogP contribution is 2.31. The van der Waals surface area contributed by atoms with Crippen LogP contribution in [0.15, 0.2) is 36.5 Å². The molecule has 0 bridgehead atoms. The van der Waals surface area contributed by atoms with E-state index in [1.54, 1.807) is 18.3 Å². The lowest BCUT2D eigenvalue weighted by molar-refractivity contribution is 0.0933. The molecule has 0 aliphatic heterocycles. The first-order valence-electron chi connectivity index (χ1n) is 8.45. The van der Waals surface area contributed by atoms with Gasteiger partial charge in [-0.2, -0.15) is 0 Å². The summed E-state index contributed by atoms with van der Waals surface area (Å²) in [5.74, 6) is 0.527. The maximum absolute atomic E-state index is 12.8. The zero-order valence-corrected chi connectivity index (χ0v) is 14.2. The molecule has 1 aromatic carbocycles. The summed E-state index contributed by atoms with van der Waals surface area (Å²) in [6.45, 7) is 4.05. The highest BCUT2D eigenvalue weighted by molar-refractivity contribution is 5.99. The zero-order chi connectivity index (χ0) is 17.1. The van der Waals surface area contributed by atoms with Gasteiger partial charge in [0.25, 0.3) is 5.91 Å². The molecule has 1 amide bonds. The van der Waals surface area contributed by atoms with Crippen LogP contribution in [0.3, 0.4) is 0 Å². The first-order chi connectivity index (χ1) is 11.5. The van der Waals surface area contributed by atoms with Gasteiger partial charge in [-0.1, -0.05) is 6.07 Å². The van der Waals surface area contributed by atoms with Gasteiger partial charge < -0.3 is 16.4 Å². The minimum atomic E-state index is -0.0964. The summed E-state index contributed by atoms with van der Waals surface area (Å²) in [7, 11) is 0. The third kappa shape index (κ3) is 3.50.